The lowest BCUT2D eigenvalue weighted by atomic mass is 10.2. The molecule has 1 aromatic heterocycles. The number of amides is 1. The van der Waals surface area contributed by atoms with E-state index in [1.54, 1.807) is 0 Å². The third-order valence-corrected chi connectivity index (χ3v) is 3.02. The van der Waals surface area contributed by atoms with Crippen LogP contribution in [0.15, 0.2) is 18.2 Å². The molecule has 20 heavy (non-hydrogen) atoms. The minimum absolute atomic E-state index is 0.0474. The van der Waals surface area contributed by atoms with Crippen molar-refractivity contribution >= 4 is 22.6 Å². The van der Waals surface area contributed by atoms with E-state index in [9.17, 15) is 4.79 Å². The summed E-state index contributed by atoms with van der Waals surface area (Å²) in [7, 11) is 0. The summed E-state index contributed by atoms with van der Waals surface area (Å²) < 4.78 is 0. The Morgan fingerprint density at radius 2 is 2.20 bits per heavy atom. The van der Waals surface area contributed by atoms with Crippen molar-refractivity contribution in [2.24, 2.45) is 0 Å². The molecule has 1 amide bonds. The Balaban J connectivity index is 1.86. The van der Waals surface area contributed by atoms with Gasteiger partial charge >= 0.3 is 0 Å². The van der Waals surface area contributed by atoms with E-state index in [4.69, 9.17) is 0 Å². The number of hydrogen-bond donors (Lipinski definition) is 3. The van der Waals surface area contributed by atoms with Crippen LogP contribution in [0, 0.1) is 6.92 Å². The van der Waals surface area contributed by atoms with Crippen LogP contribution in [-0.2, 0) is 4.79 Å². The topological polar surface area (TPSA) is 69.8 Å². The summed E-state index contributed by atoms with van der Waals surface area (Å²) in [5.74, 6) is 0.925. The number of imidazole rings is 1. The molecule has 0 aliphatic rings. The van der Waals surface area contributed by atoms with E-state index < -0.39 is 0 Å². The second kappa shape index (κ2) is 6.52. The number of nitrogens with zero attached hydrogens (tertiary/aromatic N) is 1. The molecule has 0 atom stereocenters. The van der Waals surface area contributed by atoms with Crippen molar-refractivity contribution in [3.8, 4) is 0 Å². The average molecular weight is 274 g/mol. The maximum Gasteiger partial charge on any atom is 0.224 e. The summed E-state index contributed by atoms with van der Waals surface area (Å²) in [5.41, 5.74) is 2.67. The number of aromatic nitrogens is 2. The van der Waals surface area contributed by atoms with Crippen LogP contribution in [-0.4, -0.2) is 28.5 Å². The summed E-state index contributed by atoms with van der Waals surface area (Å²) in [6, 6.07) is 6.17. The van der Waals surface area contributed by atoms with Crippen molar-refractivity contribution in [1.29, 1.82) is 0 Å². The first kappa shape index (κ1) is 14.5. The molecule has 5 nitrogen and oxygen atoms in total. The van der Waals surface area contributed by atoms with Gasteiger partial charge in [-0.25, -0.2) is 4.98 Å². The standard InChI is InChI=1S/C15H22N4O/c1-10(2)16-8-4-5-15(20)19-12-6-7-13-14(9-12)18-11(3)17-13/h6-7,9-10,16H,4-5,8H2,1-3H3,(H,17,18)(H,19,20). The van der Waals surface area contributed by atoms with E-state index in [1.165, 1.54) is 0 Å². The molecular weight excluding hydrogens is 252 g/mol. The predicted molar refractivity (Wildman–Crippen MR) is 81.8 cm³/mol. The van der Waals surface area contributed by atoms with Gasteiger partial charge in [0.25, 0.3) is 0 Å². The minimum Gasteiger partial charge on any atom is -0.342 e. The Morgan fingerprint density at radius 1 is 1.40 bits per heavy atom. The van der Waals surface area contributed by atoms with Crippen LogP contribution in [0.1, 0.15) is 32.5 Å². The lowest BCUT2D eigenvalue weighted by Gasteiger charge is -2.08. The van der Waals surface area contributed by atoms with Gasteiger partial charge in [0.05, 0.1) is 11.0 Å². The van der Waals surface area contributed by atoms with Crippen LogP contribution in [0.5, 0.6) is 0 Å². The highest BCUT2D eigenvalue weighted by Crippen LogP contribution is 2.17. The summed E-state index contributed by atoms with van der Waals surface area (Å²) in [6.45, 7) is 6.98. The van der Waals surface area contributed by atoms with Gasteiger partial charge in [-0.05, 0) is 38.1 Å². The molecule has 0 radical (unpaired) electrons. The molecule has 3 N–H and O–H groups in total. The summed E-state index contributed by atoms with van der Waals surface area (Å²) in [4.78, 5) is 19.3. The smallest absolute Gasteiger partial charge is 0.224 e. The number of anilines is 1. The first-order valence-corrected chi connectivity index (χ1v) is 7.04. The molecule has 2 aromatic rings. The fraction of sp³-hybridized carbons (Fsp3) is 0.467. The Morgan fingerprint density at radius 3 is 2.95 bits per heavy atom. The van der Waals surface area contributed by atoms with Gasteiger partial charge in [0.2, 0.25) is 5.91 Å². The number of nitrogens with one attached hydrogen (secondary N) is 3. The average Bonchev–Trinajstić information content (AvgIpc) is 2.74. The van der Waals surface area contributed by atoms with Gasteiger partial charge in [-0.1, -0.05) is 13.8 Å². The maximum absolute atomic E-state index is 11.8. The second-order valence-electron chi connectivity index (χ2n) is 5.31. The molecule has 0 aliphatic carbocycles. The van der Waals surface area contributed by atoms with Gasteiger partial charge in [-0.15, -0.1) is 0 Å². The molecular formula is C15H22N4O. The normalized spacial score (nSPS) is 11.2. The zero-order valence-corrected chi connectivity index (χ0v) is 12.3. The molecule has 0 fully saturated rings. The molecule has 1 heterocycles. The number of carbonyl (C=O) groups is 1. The fourth-order valence-corrected chi connectivity index (χ4v) is 2.08. The van der Waals surface area contributed by atoms with Gasteiger partial charge in [-0.2, -0.15) is 0 Å². The van der Waals surface area contributed by atoms with Crippen molar-refractivity contribution in [3.05, 3.63) is 24.0 Å². The number of aromatic amines is 1. The molecule has 0 bridgehead atoms. The number of fused-ring (bicyclic) bond motifs is 1. The molecule has 108 valence electrons. The largest absolute Gasteiger partial charge is 0.342 e. The summed E-state index contributed by atoms with van der Waals surface area (Å²) in [6.07, 6.45) is 1.37. The van der Waals surface area contributed by atoms with Crippen LogP contribution >= 0.6 is 0 Å². The van der Waals surface area contributed by atoms with Crippen LogP contribution in [0.25, 0.3) is 11.0 Å². The van der Waals surface area contributed by atoms with E-state index in [0.29, 0.717) is 12.5 Å². The molecule has 0 aliphatic heterocycles. The van der Waals surface area contributed by atoms with Gasteiger partial charge in [0.1, 0.15) is 5.82 Å². The quantitative estimate of drug-likeness (QED) is 0.709. The molecule has 0 saturated heterocycles. The number of hydrogen-bond acceptors (Lipinski definition) is 3. The second-order valence-corrected chi connectivity index (χ2v) is 5.31. The third-order valence-electron chi connectivity index (χ3n) is 3.02. The van der Waals surface area contributed by atoms with Crippen molar-refractivity contribution in [3.63, 3.8) is 0 Å². The lowest BCUT2D eigenvalue weighted by molar-refractivity contribution is -0.116. The Bertz CT molecular complexity index is 589. The van der Waals surface area contributed by atoms with E-state index in [-0.39, 0.29) is 5.91 Å². The number of carbonyl (C=O) groups excluding carboxylic acids is 1. The van der Waals surface area contributed by atoms with Crippen molar-refractivity contribution in [2.45, 2.75) is 39.7 Å². The first-order chi connectivity index (χ1) is 9.54. The fourth-order valence-electron chi connectivity index (χ4n) is 2.08. The van der Waals surface area contributed by atoms with Gasteiger partial charge < -0.3 is 15.6 Å². The third kappa shape index (κ3) is 4.06. The molecule has 0 saturated carbocycles. The zero-order chi connectivity index (χ0) is 14.5. The highest BCUT2D eigenvalue weighted by molar-refractivity contribution is 5.93. The Kier molecular flexibility index (Phi) is 4.74. The van der Waals surface area contributed by atoms with E-state index in [0.717, 1.165) is 35.5 Å². The van der Waals surface area contributed by atoms with Crippen molar-refractivity contribution < 1.29 is 4.79 Å². The van der Waals surface area contributed by atoms with Crippen molar-refractivity contribution in [2.75, 3.05) is 11.9 Å². The molecule has 5 heteroatoms. The highest BCUT2D eigenvalue weighted by Gasteiger charge is 2.05. The maximum atomic E-state index is 11.8. The zero-order valence-electron chi connectivity index (χ0n) is 12.3. The van der Waals surface area contributed by atoms with Crippen LogP contribution in [0.3, 0.4) is 0 Å². The summed E-state index contributed by atoms with van der Waals surface area (Å²) >= 11 is 0. The number of benzene rings is 1. The van der Waals surface area contributed by atoms with E-state index in [1.807, 2.05) is 25.1 Å². The minimum atomic E-state index is 0.0474. The van der Waals surface area contributed by atoms with Crippen LogP contribution in [0.2, 0.25) is 0 Å². The number of H-pyrrole nitrogens is 1. The van der Waals surface area contributed by atoms with Gasteiger partial charge in [0, 0.05) is 18.2 Å². The van der Waals surface area contributed by atoms with Gasteiger partial charge in [-0.3, -0.25) is 4.79 Å². The number of aryl methyl sites for hydroxylation is 1. The van der Waals surface area contributed by atoms with Crippen LogP contribution in [0.4, 0.5) is 5.69 Å². The SMILES string of the molecule is Cc1nc2ccc(NC(=O)CCCNC(C)C)cc2[nH]1. The van der Waals surface area contributed by atoms with Crippen molar-refractivity contribution in [1.82, 2.24) is 15.3 Å². The Labute approximate surface area is 119 Å². The number of rotatable bonds is 6. The van der Waals surface area contributed by atoms with E-state index >= 15 is 0 Å². The monoisotopic (exact) mass is 274 g/mol. The first-order valence-electron chi connectivity index (χ1n) is 7.04. The molecule has 0 spiro atoms. The highest BCUT2D eigenvalue weighted by atomic mass is 16.1. The van der Waals surface area contributed by atoms with Crippen LogP contribution < -0.4 is 10.6 Å². The predicted octanol–water partition coefficient (Wildman–Crippen LogP) is 2.59. The molecule has 1 aromatic carbocycles. The summed E-state index contributed by atoms with van der Waals surface area (Å²) in [5, 5.41) is 6.22. The molecule has 2 rings (SSSR count). The lowest BCUT2D eigenvalue weighted by Crippen LogP contribution is -2.24. The van der Waals surface area contributed by atoms with E-state index in [2.05, 4.69) is 34.4 Å². The van der Waals surface area contributed by atoms with Gasteiger partial charge in [0.15, 0.2) is 0 Å². The molecule has 0 unspecified atom stereocenters. The Hall–Kier alpha value is -1.88.